The highest BCUT2D eigenvalue weighted by atomic mass is 35.5. The lowest BCUT2D eigenvalue weighted by Crippen LogP contribution is -2.24. The third kappa shape index (κ3) is 2.71. The Morgan fingerprint density at radius 3 is 2.90 bits per heavy atom. The predicted molar refractivity (Wildman–Crippen MR) is 82.1 cm³/mol. The summed E-state index contributed by atoms with van der Waals surface area (Å²) in [6.07, 6.45) is 0.567. The molecular formula is C15H12ClFN2OS. The van der Waals surface area contributed by atoms with E-state index in [1.165, 1.54) is 24.1 Å². The normalized spacial score (nSPS) is 18.0. The predicted octanol–water partition coefficient (Wildman–Crippen LogP) is 4.24. The van der Waals surface area contributed by atoms with E-state index in [0.717, 1.165) is 11.3 Å². The molecule has 1 aliphatic heterocycles. The Morgan fingerprint density at radius 1 is 1.48 bits per heavy atom. The van der Waals surface area contributed by atoms with Crippen LogP contribution in [0.5, 0.6) is 0 Å². The van der Waals surface area contributed by atoms with E-state index in [4.69, 9.17) is 11.6 Å². The first-order valence-electron chi connectivity index (χ1n) is 6.41. The molecule has 21 heavy (non-hydrogen) atoms. The zero-order valence-electron chi connectivity index (χ0n) is 11.2. The number of hydrogen-bond donors (Lipinski definition) is 0. The molecule has 1 atom stereocenters. The van der Waals surface area contributed by atoms with E-state index < -0.39 is 5.82 Å². The Morgan fingerprint density at radius 2 is 2.29 bits per heavy atom. The quantitative estimate of drug-likeness (QED) is 0.814. The van der Waals surface area contributed by atoms with Crippen LogP contribution < -0.4 is 0 Å². The molecule has 6 heteroatoms. The molecule has 2 heterocycles. The number of halogens is 2. The molecule has 1 aromatic heterocycles. The van der Waals surface area contributed by atoms with Gasteiger partial charge in [0.1, 0.15) is 5.82 Å². The number of benzene rings is 1. The molecule has 0 bridgehead atoms. The standard InChI is InChI=1S/C15H12ClFN2OS/c1-9(20)19-15(10-2-3-12(16)13(17)6-10)7-14(18-19)11-4-5-21-8-11/h2-6,8,15H,7H2,1H3/t15-/m0/s1. The van der Waals surface area contributed by atoms with Gasteiger partial charge < -0.3 is 0 Å². The molecule has 0 N–H and O–H groups in total. The smallest absolute Gasteiger partial charge is 0.240 e. The third-order valence-electron chi connectivity index (χ3n) is 3.42. The van der Waals surface area contributed by atoms with Crippen molar-refractivity contribution in [3.63, 3.8) is 0 Å². The van der Waals surface area contributed by atoms with Gasteiger partial charge in [-0.15, -0.1) is 0 Å². The van der Waals surface area contributed by atoms with Gasteiger partial charge in [-0.2, -0.15) is 16.4 Å². The van der Waals surface area contributed by atoms with Gasteiger partial charge >= 0.3 is 0 Å². The first-order valence-corrected chi connectivity index (χ1v) is 7.73. The zero-order valence-corrected chi connectivity index (χ0v) is 12.8. The Kier molecular flexibility index (Phi) is 3.78. The van der Waals surface area contributed by atoms with Crippen molar-refractivity contribution in [3.05, 3.63) is 57.0 Å². The highest BCUT2D eigenvalue weighted by Crippen LogP contribution is 2.34. The van der Waals surface area contributed by atoms with Crippen LogP contribution in [-0.2, 0) is 4.79 Å². The fourth-order valence-electron chi connectivity index (χ4n) is 2.38. The van der Waals surface area contributed by atoms with Gasteiger partial charge in [-0.05, 0) is 34.5 Å². The van der Waals surface area contributed by atoms with E-state index in [2.05, 4.69) is 5.10 Å². The summed E-state index contributed by atoms with van der Waals surface area (Å²) in [6, 6.07) is 6.29. The molecule has 1 aliphatic rings. The molecule has 2 aromatic rings. The first kappa shape index (κ1) is 14.2. The van der Waals surface area contributed by atoms with Crippen LogP contribution in [0.3, 0.4) is 0 Å². The lowest BCUT2D eigenvalue weighted by atomic mass is 9.99. The van der Waals surface area contributed by atoms with E-state index in [0.29, 0.717) is 12.0 Å². The number of carbonyl (C=O) groups excluding carboxylic acids is 1. The van der Waals surface area contributed by atoms with E-state index in [1.807, 2.05) is 16.8 Å². The van der Waals surface area contributed by atoms with Crippen molar-refractivity contribution in [1.29, 1.82) is 0 Å². The van der Waals surface area contributed by atoms with Gasteiger partial charge in [-0.1, -0.05) is 17.7 Å². The van der Waals surface area contributed by atoms with Gasteiger partial charge in [0.25, 0.3) is 0 Å². The molecule has 3 rings (SSSR count). The highest BCUT2D eigenvalue weighted by molar-refractivity contribution is 7.08. The van der Waals surface area contributed by atoms with Crippen LogP contribution in [0.15, 0.2) is 40.1 Å². The summed E-state index contributed by atoms with van der Waals surface area (Å²) in [5.41, 5.74) is 2.54. The Balaban J connectivity index is 1.95. The van der Waals surface area contributed by atoms with Crippen LogP contribution in [-0.4, -0.2) is 16.6 Å². The van der Waals surface area contributed by atoms with E-state index in [1.54, 1.807) is 17.4 Å². The molecular weight excluding hydrogens is 311 g/mol. The minimum Gasteiger partial charge on any atom is -0.273 e. The van der Waals surface area contributed by atoms with E-state index in [-0.39, 0.29) is 17.0 Å². The maximum absolute atomic E-state index is 13.7. The minimum atomic E-state index is -0.485. The molecule has 1 aromatic carbocycles. The van der Waals surface area contributed by atoms with Crippen LogP contribution in [0.2, 0.25) is 5.02 Å². The maximum Gasteiger partial charge on any atom is 0.240 e. The average molecular weight is 323 g/mol. The number of nitrogens with zero attached hydrogens (tertiary/aromatic N) is 2. The van der Waals surface area contributed by atoms with Crippen LogP contribution in [0, 0.1) is 5.82 Å². The number of carbonyl (C=O) groups is 1. The summed E-state index contributed by atoms with van der Waals surface area (Å²) in [4.78, 5) is 11.8. The number of amides is 1. The molecule has 0 aliphatic carbocycles. The van der Waals surface area contributed by atoms with Crippen molar-refractivity contribution in [2.45, 2.75) is 19.4 Å². The Labute approximate surface area is 130 Å². The third-order valence-corrected chi connectivity index (χ3v) is 4.41. The number of rotatable bonds is 2. The van der Waals surface area contributed by atoms with Crippen LogP contribution in [0.4, 0.5) is 4.39 Å². The van der Waals surface area contributed by atoms with Gasteiger partial charge in [0, 0.05) is 18.9 Å². The second-order valence-electron chi connectivity index (χ2n) is 4.82. The molecule has 0 fully saturated rings. The SMILES string of the molecule is CC(=O)N1N=C(c2ccsc2)C[C@H]1c1ccc(Cl)c(F)c1. The van der Waals surface area contributed by atoms with Gasteiger partial charge in [-0.25, -0.2) is 9.40 Å². The van der Waals surface area contributed by atoms with E-state index >= 15 is 0 Å². The minimum absolute atomic E-state index is 0.0742. The van der Waals surface area contributed by atoms with Crippen molar-refractivity contribution >= 4 is 34.6 Å². The van der Waals surface area contributed by atoms with Crippen molar-refractivity contribution in [3.8, 4) is 0 Å². The highest BCUT2D eigenvalue weighted by Gasteiger charge is 2.31. The van der Waals surface area contributed by atoms with Crippen LogP contribution in [0.25, 0.3) is 0 Å². The summed E-state index contributed by atoms with van der Waals surface area (Å²) in [7, 11) is 0. The largest absolute Gasteiger partial charge is 0.273 e. The van der Waals surface area contributed by atoms with Crippen LogP contribution in [0.1, 0.15) is 30.5 Å². The van der Waals surface area contributed by atoms with Crippen molar-refractivity contribution in [1.82, 2.24) is 5.01 Å². The lowest BCUT2D eigenvalue weighted by Gasteiger charge is -2.20. The summed E-state index contributed by atoms with van der Waals surface area (Å²) in [5, 5.41) is 9.83. The topological polar surface area (TPSA) is 32.7 Å². The molecule has 0 saturated heterocycles. The van der Waals surface area contributed by atoms with Crippen molar-refractivity contribution in [2.24, 2.45) is 5.10 Å². The van der Waals surface area contributed by atoms with Gasteiger partial charge in [0.15, 0.2) is 0 Å². The fourth-order valence-corrected chi connectivity index (χ4v) is 3.17. The Bertz CT molecular complexity index is 714. The Hall–Kier alpha value is -1.72. The molecule has 0 saturated carbocycles. The van der Waals surface area contributed by atoms with Gasteiger partial charge in [-0.3, -0.25) is 4.79 Å². The van der Waals surface area contributed by atoms with Crippen molar-refractivity contribution in [2.75, 3.05) is 0 Å². The molecule has 0 spiro atoms. The lowest BCUT2D eigenvalue weighted by molar-refractivity contribution is -0.130. The first-order chi connectivity index (χ1) is 10.1. The number of hydrogen-bond acceptors (Lipinski definition) is 3. The van der Waals surface area contributed by atoms with Gasteiger partial charge in [0.2, 0.25) is 5.91 Å². The second kappa shape index (κ2) is 5.58. The molecule has 3 nitrogen and oxygen atoms in total. The number of thiophene rings is 1. The summed E-state index contributed by atoms with van der Waals surface area (Å²) in [5.74, 6) is -0.651. The van der Waals surface area contributed by atoms with E-state index in [9.17, 15) is 9.18 Å². The molecule has 0 unspecified atom stereocenters. The monoisotopic (exact) mass is 322 g/mol. The fraction of sp³-hybridized carbons (Fsp3) is 0.200. The second-order valence-corrected chi connectivity index (χ2v) is 6.00. The van der Waals surface area contributed by atoms with Crippen molar-refractivity contribution < 1.29 is 9.18 Å². The summed E-state index contributed by atoms with van der Waals surface area (Å²) < 4.78 is 13.7. The zero-order chi connectivity index (χ0) is 15.0. The summed E-state index contributed by atoms with van der Waals surface area (Å²) in [6.45, 7) is 1.46. The molecule has 0 radical (unpaired) electrons. The molecule has 1 amide bonds. The number of hydrazone groups is 1. The average Bonchev–Trinajstić information content (AvgIpc) is 3.09. The molecule has 108 valence electrons. The summed E-state index contributed by atoms with van der Waals surface area (Å²) >= 11 is 7.29. The van der Waals surface area contributed by atoms with Gasteiger partial charge in [0.05, 0.1) is 16.8 Å². The maximum atomic E-state index is 13.7. The van der Waals surface area contributed by atoms with Crippen LogP contribution >= 0.6 is 22.9 Å².